The molecule has 4 heterocycles. The summed E-state index contributed by atoms with van der Waals surface area (Å²) in [4.78, 5) is 25.7. The molecule has 0 unspecified atom stereocenters. The third-order valence-corrected chi connectivity index (χ3v) is 7.29. The molecule has 10 heteroatoms. The van der Waals surface area contributed by atoms with E-state index in [-0.39, 0.29) is 0 Å². The Bertz CT molecular complexity index is 1090. The van der Waals surface area contributed by atoms with Gasteiger partial charge in [0.25, 0.3) is 0 Å². The number of likely N-dealkylation sites (N-methyl/N-ethyl adjacent to an activating group) is 1. The number of nitrogens with zero attached hydrogens (tertiary/aromatic N) is 7. The van der Waals surface area contributed by atoms with Crippen molar-refractivity contribution in [2.75, 3.05) is 72.9 Å². The van der Waals surface area contributed by atoms with Gasteiger partial charge >= 0.3 is 0 Å². The first-order valence-corrected chi connectivity index (χ1v) is 12.5. The molecule has 2 aliphatic rings. The maximum atomic E-state index is 11.9. The second kappa shape index (κ2) is 9.33. The van der Waals surface area contributed by atoms with Crippen molar-refractivity contribution in [1.29, 1.82) is 0 Å². The highest BCUT2D eigenvalue weighted by molar-refractivity contribution is 7.85. The molecule has 0 spiro atoms. The Morgan fingerprint density at radius 3 is 2.41 bits per heavy atom. The Labute approximate surface area is 190 Å². The first kappa shape index (κ1) is 21.0. The van der Waals surface area contributed by atoms with Crippen LogP contribution in [0.15, 0.2) is 36.7 Å². The summed E-state index contributed by atoms with van der Waals surface area (Å²) in [5.41, 5.74) is 2.64. The highest BCUT2D eigenvalue weighted by Crippen LogP contribution is 2.29. The molecule has 5 rings (SSSR count). The second-order valence-electron chi connectivity index (χ2n) is 8.23. The normalized spacial score (nSPS) is 18.3. The Hall–Kier alpha value is -2.85. The van der Waals surface area contributed by atoms with Crippen LogP contribution in [0.2, 0.25) is 0 Å². The molecule has 0 bridgehead atoms. The summed E-state index contributed by atoms with van der Waals surface area (Å²) in [6, 6.07) is 10.2. The number of rotatable bonds is 5. The van der Waals surface area contributed by atoms with E-state index >= 15 is 0 Å². The van der Waals surface area contributed by atoms with Crippen LogP contribution in [-0.4, -0.2) is 86.9 Å². The second-order valence-corrected chi connectivity index (χ2v) is 9.93. The van der Waals surface area contributed by atoms with Crippen molar-refractivity contribution in [3.8, 4) is 0 Å². The summed E-state index contributed by atoms with van der Waals surface area (Å²) < 4.78 is 11.9. The lowest BCUT2D eigenvalue weighted by atomic mass is 10.2. The van der Waals surface area contributed by atoms with Crippen molar-refractivity contribution in [1.82, 2.24) is 24.8 Å². The van der Waals surface area contributed by atoms with Crippen LogP contribution < -0.4 is 15.1 Å². The molecule has 1 N–H and O–H groups in total. The predicted molar refractivity (Wildman–Crippen MR) is 129 cm³/mol. The highest BCUT2D eigenvalue weighted by Gasteiger charge is 2.25. The largest absolute Gasteiger partial charge is 0.364 e. The van der Waals surface area contributed by atoms with Gasteiger partial charge in [0.2, 0.25) is 5.95 Å². The fourth-order valence-corrected chi connectivity index (χ4v) is 5.10. The molecule has 1 aromatic carbocycles. The number of hydrogen-bond donors (Lipinski definition) is 1. The minimum absolute atomic E-state index is 0.652. The fraction of sp³-hybridized carbons (Fsp3) is 0.455. The molecular weight excluding hydrogens is 424 g/mol. The van der Waals surface area contributed by atoms with Crippen molar-refractivity contribution in [3.05, 3.63) is 42.2 Å². The number of piperazine rings is 1. The van der Waals surface area contributed by atoms with Crippen LogP contribution in [0.1, 0.15) is 5.56 Å². The lowest BCUT2D eigenvalue weighted by molar-refractivity contribution is 0.311. The van der Waals surface area contributed by atoms with Crippen LogP contribution in [-0.2, 0) is 17.3 Å². The zero-order valence-electron chi connectivity index (χ0n) is 18.3. The molecule has 0 atom stereocenters. The van der Waals surface area contributed by atoms with Gasteiger partial charge in [-0.05, 0) is 12.6 Å². The topological polar surface area (TPSA) is 90.4 Å². The molecule has 168 valence electrons. The van der Waals surface area contributed by atoms with Gasteiger partial charge in [0.05, 0.1) is 0 Å². The highest BCUT2D eigenvalue weighted by atomic mass is 32.2. The molecule has 2 aliphatic heterocycles. The molecule has 0 aliphatic carbocycles. The Morgan fingerprint density at radius 1 is 0.906 bits per heavy atom. The summed E-state index contributed by atoms with van der Waals surface area (Å²) >= 11 is 0. The standard InChI is InChI=1S/C22H28N8OS/c1-28-7-9-30(10-8-28)22-26-18-19(21(27-22)29-11-13-32(31)14-12-29)24-16-25-20(18)23-15-17-5-3-2-4-6-17/h2-6,16H,7-15H2,1H3,(H,23,24,25). The van der Waals surface area contributed by atoms with Crippen molar-refractivity contribution < 1.29 is 4.21 Å². The van der Waals surface area contributed by atoms with Gasteiger partial charge < -0.3 is 20.0 Å². The summed E-state index contributed by atoms with van der Waals surface area (Å²) in [5, 5.41) is 3.44. The molecule has 3 aromatic rings. The van der Waals surface area contributed by atoms with Crippen molar-refractivity contribution in [2.24, 2.45) is 0 Å². The monoisotopic (exact) mass is 452 g/mol. The molecule has 32 heavy (non-hydrogen) atoms. The van der Waals surface area contributed by atoms with Gasteiger partial charge in [-0.2, -0.15) is 4.98 Å². The Morgan fingerprint density at radius 2 is 1.66 bits per heavy atom. The zero-order chi connectivity index (χ0) is 21.9. The number of benzene rings is 1. The summed E-state index contributed by atoms with van der Waals surface area (Å²) in [6.45, 7) is 5.78. The van der Waals surface area contributed by atoms with E-state index in [1.807, 2.05) is 18.2 Å². The van der Waals surface area contributed by atoms with Crippen molar-refractivity contribution in [2.45, 2.75) is 6.54 Å². The average Bonchev–Trinajstić information content (AvgIpc) is 2.84. The zero-order valence-corrected chi connectivity index (χ0v) is 19.1. The maximum Gasteiger partial charge on any atom is 0.228 e. The average molecular weight is 453 g/mol. The summed E-state index contributed by atoms with van der Waals surface area (Å²) in [6.07, 6.45) is 1.57. The number of nitrogens with one attached hydrogen (secondary N) is 1. The smallest absolute Gasteiger partial charge is 0.228 e. The van der Waals surface area contributed by atoms with Gasteiger partial charge in [0.1, 0.15) is 17.4 Å². The van der Waals surface area contributed by atoms with E-state index in [1.54, 1.807) is 6.33 Å². The van der Waals surface area contributed by atoms with Crippen LogP contribution >= 0.6 is 0 Å². The summed E-state index contributed by atoms with van der Waals surface area (Å²) in [5.74, 6) is 3.54. The molecule has 0 radical (unpaired) electrons. The van der Waals surface area contributed by atoms with E-state index < -0.39 is 10.8 Å². The predicted octanol–water partition coefficient (Wildman–Crippen LogP) is 1.35. The lowest BCUT2D eigenvalue weighted by Gasteiger charge is -2.34. The van der Waals surface area contributed by atoms with E-state index in [2.05, 4.69) is 49.2 Å². The molecule has 2 saturated heterocycles. The Balaban J connectivity index is 1.53. The molecule has 0 saturated carbocycles. The van der Waals surface area contributed by atoms with E-state index in [0.717, 1.165) is 43.0 Å². The fourth-order valence-electron chi connectivity index (χ4n) is 4.05. The summed E-state index contributed by atoms with van der Waals surface area (Å²) in [7, 11) is 1.38. The minimum Gasteiger partial charge on any atom is -0.364 e. The van der Waals surface area contributed by atoms with Crippen molar-refractivity contribution >= 4 is 39.4 Å². The SMILES string of the molecule is CN1CCN(c2nc(N3CCS(=O)CC3)c3ncnc(NCc4ccccc4)c3n2)CC1. The molecule has 9 nitrogen and oxygen atoms in total. The van der Waals surface area contributed by atoms with Gasteiger partial charge in [0, 0.05) is 68.1 Å². The van der Waals surface area contributed by atoms with Gasteiger partial charge in [-0.3, -0.25) is 4.21 Å². The number of hydrogen-bond acceptors (Lipinski definition) is 9. The third kappa shape index (κ3) is 4.51. The van der Waals surface area contributed by atoms with E-state index in [9.17, 15) is 4.21 Å². The van der Waals surface area contributed by atoms with Crippen molar-refractivity contribution in [3.63, 3.8) is 0 Å². The first-order chi connectivity index (χ1) is 15.7. The van der Waals surface area contributed by atoms with Crippen LogP contribution in [0.3, 0.4) is 0 Å². The third-order valence-electron chi connectivity index (χ3n) is 6.02. The van der Waals surface area contributed by atoms with E-state index in [1.165, 1.54) is 5.56 Å². The van der Waals surface area contributed by atoms with Crippen LogP contribution in [0.5, 0.6) is 0 Å². The number of fused-ring (bicyclic) bond motifs is 1. The van der Waals surface area contributed by atoms with E-state index in [4.69, 9.17) is 9.97 Å². The van der Waals surface area contributed by atoms with Gasteiger partial charge in [-0.25, -0.2) is 15.0 Å². The molecule has 2 aromatic heterocycles. The number of aromatic nitrogens is 4. The van der Waals surface area contributed by atoms with Gasteiger partial charge in [-0.1, -0.05) is 30.3 Å². The van der Waals surface area contributed by atoms with Crippen LogP contribution in [0.25, 0.3) is 11.0 Å². The quantitative estimate of drug-likeness (QED) is 0.616. The Kier molecular flexibility index (Phi) is 6.13. The minimum atomic E-state index is -0.757. The first-order valence-electron chi connectivity index (χ1n) is 11.0. The van der Waals surface area contributed by atoms with Gasteiger partial charge in [-0.15, -0.1) is 0 Å². The maximum absolute atomic E-state index is 11.9. The lowest BCUT2D eigenvalue weighted by Crippen LogP contribution is -2.45. The van der Waals surface area contributed by atoms with Crippen LogP contribution in [0.4, 0.5) is 17.6 Å². The molecule has 2 fully saturated rings. The van der Waals surface area contributed by atoms with E-state index in [0.29, 0.717) is 42.9 Å². The molecular formula is C22H28N8OS. The van der Waals surface area contributed by atoms with Gasteiger partial charge in [0.15, 0.2) is 11.6 Å². The van der Waals surface area contributed by atoms with Crippen LogP contribution in [0, 0.1) is 0 Å². The number of anilines is 3. The molecule has 0 amide bonds.